The molecule has 3 nitrogen and oxygen atoms in total. The summed E-state index contributed by atoms with van der Waals surface area (Å²) >= 11 is 0. The number of hydrogen-bond donors (Lipinski definition) is 1. The molecule has 0 aromatic rings. The van der Waals surface area contributed by atoms with E-state index in [-0.39, 0.29) is 0 Å². The number of nitrogens with zero attached hydrogens (tertiary/aromatic N) is 1. The van der Waals surface area contributed by atoms with Gasteiger partial charge in [-0.2, -0.15) is 0 Å². The fraction of sp³-hybridized carbons (Fsp3) is 1.00. The Bertz CT molecular complexity index is 265. The predicted molar refractivity (Wildman–Crippen MR) is 73.5 cm³/mol. The van der Waals surface area contributed by atoms with Crippen molar-refractivity contribution in [1.82, 2.24) is 4.90 Å². The van der Waals surface area contributed by atoms with Gasteiger partial charge in [0.1, 0.15) is 0 Å². The Morgan fingerprint density at radius 2 is 1.89 bits per heavy atom. The Kier molecular flexibility index (Phi) is 4.22. The van der Waals surface area contributed by atoms with Gasteiger partial charge in [-0.3, -0.25) is 4.90 Å². The van der Waals surface area contributed by atoms with Gasteiger partial charge in [-0.1, -0.05) is 19.3 Å². The van der Waals surface area contributed by atoms with E-state index in [1.54, 1.807) is 0 Å². The second kappa shape index (κ2) is 5.89. The summed E-state index contributed by atoms with van der Waals surface area (Å²) in [5.74, 6) is 1.96. The van der Waals surface area contributed by atoms with Crippen LogP contribution in [0.2, 0.25) is 0 Å². The van der Waals surface area contributed by atoms with Crippen LogP contribution >= 0.6 is 0 Å². The summed E-state index contributed by atoms with van der Waals surface area (Å²) in [6.07, 6.45) is 10.1. The molecule has 3 fully saturated rings. The quantitative estimate of drug-likeness (QED) is 0.835. The Labute approximate surface area is 111 Å². The molecule has 18 heavy (non-hydrogen) atoms. The van der Waals surface area contributed by atoms with Gasteiger partial charge in [0.2, 0.25) is 0 Å². The number of piperidine rings is 1. The van der Waals surface area contributed by atoms with E-state index in [2.05, 4.69) is 4.90 Å². The van der Waals surface area contributed by atoms with E-state index in [1.807, 2.05) is 0 Å². The van der Waals surface area contributed by atoms with E-state index >= 15 is 0 Å². The number of nitrogens with two attached hydrogens (primary N) is 1. The summed E-state index contributed by atoms with van der Waals surface area (Å²) in [6, 6.07) is 0.482. The van der Waals surface area contributed by atoms with E-state index < -0.39 is 0 Å². The highest BCUT2D eigenvalue weighted by Crippen LogP contribution is 2.37. The van der Waals surface area contributed by atoms with Crippen molar-refractivity contribution in [2.45, 2.75) is 57.1 Å². The Morgan fingerprint density at radius 1 is 1.06 bits per heavy atom. The second-order valence-corrected chi connectivity index (χ2v) is 6.44. The van der Waals surface area contributed by atoms with Crippen LogP contribution in [0, 0.1) is 11.8 Å². The van der Waals surface area contributed by atoms with Crippen LogP contribution < -0.4 is 5.73 Å². The van der Waals surface area contributed by atoms with Crippen molar-refractivity contribution in [1.29, 1.82) is 0 Å². The molecule has 0 aromatic heterocycles. The van der Waals surface area contributed by atoms with Crippen LogP contribution in [0.1, 0.15) is 44.9 Å². The summed E-state index contributed by atoms with van der Waals surface area (Å²) < 4.78 is 5.87. The first-order valence-corrected chi connectivity index (χ1v) is 7.94. The minimum atomic E-state index is 0.412. The normalized spacial score (nSPS) is 39.5. The molecule has 3 aliphatic rings. The largest absolute Gasteiger partial charge is 0.377 e. The molecule has 3 rings (SSSR count). The minimum absolute atomic E-state index is 0.412. The molecule has 2 heterocycles. The van der Waals surface area contributed by atoms with Crippen molar-refractivity contribution in [3.63, 3.8) is 0 Å². The van der Waals surface area contributed by atoms with E-state index in [0.29, 0.717) is 12.1 Å². The lowest BCUT2D eigenvalue weighted by Gasteiger charge is -2.45. The molecule has 2 N–H and O–H groups in total. The lowest BCUT2D eigenvalue weighted by molar-refractivity contribution is -0.00990. The Morgan fingerprint density at radius 3 is 2.61 bits per heavy atom. The maximum absolute atomic E-state index is 6.03. The van der Waals surface area contributed by atoms with Crippen LogP contribution in [0.5, 0.6) is 0 Å². The zero-order valence-electron chi connectivity index (χ0n) is 11.5. The summed E-state index contributed by atoms with van der Waals surface area (Å²) in [6.45, 7) is 4.25. The standard InChI is InChI=1S/C15H28N2O/c16-10-14(15-6-3-9-18-15)17-8-7-12-4-1-2-5-13(12)11-17/h12-15H,1-11,16H2. The average molecular weight is 252 g/mol. The average Bonchev–Trinajstić information content (AvgIpc) is 2.93. The number of rotatable bonds is 3. The molecule has 104 valence electrons. The maximum Gasteiger partial charge on any atom is 0.0743 e. The molecule has 0 bridgehead atoms. The Balaban J connectivity index is 1.61. The molecule has 1 aliphatic carbocycles. The van der Waals surface area contributed by atoms with Gasteiger partial charge in [-0.15, -0.1) is 0 Å². The van der Waals surface area contributed by atoms with Crippen LogP contribution in [0.25, 0.3) is 0 Å². The van der Waals surface area contributed by atoms with Crippen LogP contribution in [-0.4, -0.2) is 43.3 Å². The van der Waals surface area contributed by atoms with Gasteiger partial charge in [0.25, 0.3) is 0 Å². The van der Waals surface area contributed by atoms with Gasteiger partial charge < -0.3 is 10.5 Å². The molecule has 4 atom stereocenters. The third kappa shape index (κ3) is 2.59. The summed E-state index contributed by atoms with van der Waals surface area (Å²) in [5, 5.41) is 0. The zero-order chi connectivity index (χ0) is 12.4. The number of ether oxygens (including phenoxy) is 1. The molecule has 1 saturated carbocycles. The lowest BCUT2D eigenvalue weighted by atomic mass is 9.74. The minimum Gasteiger partial charge on any atom is -0.377 e. The summed E-state index contributed by atoms with van der Waals surface area (Å²) in [4.78, 5) is 2.66. The summed E-state index contributed by atoms with van der Waals surface area (Å²) in [5.41, 5.74) is 6.03. The van der Waals surface area contributed by atoms with E-state index in [0.717, 1.165) is 25.0 Å². The third-order valence-corrected chi connectivity index (χ3v) is 5.43. The first-order chi connectivity index (χ1) is 8.88. The fourth-order valence-corrected chi connectivity index (χ4v) is 4.37. The Hall–Kier alpha value is -0.120. The van der Waals surface area contributed by atoms with Crippen molar-refractivity contribution < 1.29 is 4.74 Å². The van der Waals surface area contributed by atoms with E-state index in [4.69, 9.17) is 10.5 Å². The van der Waals surface area contributed by atoms with Crippen LogP contribution in [-0.2, 0) is 4.74 Å². The molecule has 0 aromatic carbocycles. The molecular formula is C15H28N2O. The van der Waals surface area contributed by atoms with Crippen molar-refractivity contribution >= 4 is 0 Å². The van der Waals surface area contributed by atoms with Gasteiger partial charge in [0.15, 0.2) is 0 Å². The highest BCUT2D eigenvalue weighted by Gasteiger charge is 2.36. The summed E-state index contributed by atoms with van der Waals surface area (Å²) in [7, 11) is 0. The molecule has 2 aliphatic heterocycles. The first-order valence-electron chi connectivity index (χ1n) is 7.94. The molecule has 0 spiro atoms. The van der Waals surface area contributed by atoms with E-state index in [9.17, 15) is 0 Å². The highest BCUT2D eigenvalue weighted by atomic mass is 16.5. The van der Waals surface area contributed by atoms with Gasteiger partial charge in [-0.05, 0) is 44.1 Å². The van der Waals surface area contributed by atoms with Gasteiger partial charge in [0, 0.05) is 25.7 Å². The highest BCUT2D eigenvalue weighted by molar-refractivity contribution is 4.90. The third-order valence-electron chi connectivity index (χ3n) is 5.43. The zero-order valence-corrected chi connectivity index (χ0v) is 11.5. The fourth-order valence-electron chi connectivity index (χ4n) is 4.37. The van der Waals surface area contributed by atoms with Crippen molar-refractivity contribution in [3.05, 3.63) is 0 Å². The molecule has 3 heteroatoms. The molecule has 2 saturated heterocycles. The molecule has 0 radical (unpaired) electrons. The molecule has 4 unspecified atom stereocenters. The maximum atomic E-state index is 6.03. The number of hydrogen-bond acceptors (Lipinski definition) is 3. The molecule has 0 amide bonds. The van der Waals surface area contributed by atoms with Crippen LogP contribution in [0.15, 0.2) is 0 Å². The van der Waals surface area contributed by atoms with Crippen molar-refractivity contribution in [3.8, 4) is 0 Å². The van der Waals surface area contributed by atoms with Crippen molar-refractivity contribution in [2.75, 3.05) is 26.2 Å². The number of likely N-dealkylation sites (tertiary alicyclic amines) is 1. The second-order valence-electron chi connectivity index (χ2n) is 6.44. The van der Waals surface area contributed by atoms with Gasteiger partial charge in [-0.25, -0.2) is 0 Å². The van der Waals surface area contributed by atoms with Crippen LogP contribution in [0.3, 0.4) is 0 Å². The first kappa shape index (κ1) is 12.9. The monoisotopic (exact) mass is 252 g/mol. The topological polar surface area (TPSA) is 38.5 Å². The van der Waals surface area contributed by atoms with Crippen LogP contribution in [0.4, 0.5) is 0 Å². The van der Waals surface area contributed by atoms with Gasteiger partial charge >= 0.3 is 0 Å². The predicted octanol–water partition coefficient (Wildman–Crippen LogP) is 2.00. The van der Waals surface area contributed by atoms with Crippen molar-refractivity contribution in [2.24, 2.45) is 17.6 Å². The smallest absolute Gasteiger partial charge is 0.0743 e. The SMILES string of the molecule is NCC(C1CCCO1)N1CCC2CCCCC2C1. The number of fused-ring (bicyclic) bond motifs is 1. The molecular weight excluding hydrogens is 224 g/mol. The lowest BCUT2D eigenvalue weighted by Crippen LogP contribution is -2.53. The van der Waals surface area contributed by atoms with Gasteiger partial charge in [0.05, 0.1) is 6.10 Å². The van der Waals surface area contributed by atoms with E-state index in [1.165, 1.54) is 58.0 Å².